The van der Waals surface area contributed by atoms with E-state index in [4.69, 9.17) is 9.26 Å². The van der Waals surface area contributed by atoms with Gasteiger partial charge in [-0.25, -0.2) is 8.78 Å². The van der Waals surface area contributed by atoms with Gasteiger partial charge in [-0.1, -0.05) is 5.16 Å². The zero-order valence-corrected chi connectivity index (χ0v) is 9.90. The number of morpholine rings is 1. The Bertz CT molecular complexity index is 582. The fraction of sp³-hybridized carbons (Fsp3) is 0.333. The molecule has 1 atom stereocenters. The summed E-state index contributed by atoms with van der Waals surface area (Å²) in [7, 11) is 0. The van der Waals surface area contributed by atoms with Gasteiger partial charge in [0, 0.05) is 13.1 Å². The third-order valence-electron chi connectivity index (χ3n) is 2.82. The van der Waals surface area contributed by atoms with E-state index in [2.05, 4.69) is 15.5 Å². The highest BCUT2D eigenvalue weighted by Gasteiger charge is 2.23. The van der Waals surface area contributed by atoms with E-state index >= 15 is 0 Å². The summed E-state index contributed by atoms with van der Waals surface area (Å²) in [4.78, 5) is 4.06. The quantitative estimate of drug-likeness (QED) is 0.897. The van der Waals surface area contributed by atoms with Gasteiger partial charge in [-0.2, -0.15) is 4.98 Å². The maximum absolute atomic E-state index is 13.6. The molecule has 2 heterocycles. The predicted molar refractivity (Wildman–Crippen MR) is 61.2 cm³/mol. The molecule has 0 aliphatic carbocycles. The Morgan fingerprint density at radius 1 is 1.32 bits per heavy atom. The molecule has 1 fully saturated rings. The van der Waals surface area contributed by atoms with Crippen LogP contribution in [-0.4, -0.2) is 29.8 Å². The average molecular weight is 267 g/mol. The van der Waals surface area contributed by atoms with Crippen molar-refractivity contribution in [3.63, 3.8) is 0 Å². The van der Waals surface area contributed by atoms with E-state index in [0.717, 1.165) is 24.7 Å². The van der Waals surface area contributed by atoms with Crippen molar-refractivity contribution in [1.29, 1.82) is 0 Å². The molecule has 1 aliphatic rings. The number of hydrogen-bond acceptors (Lipinski definition) is 5. The van der Waals surface area contributed by atoms with Crippen molar-refractivity contribution >= 4 is 0 Å². The van der Waals surface area contributed by atoms with Crippen molar-refractivity contribution in [1.82, 2.24) is 15.5 Å². The third-order valence-corrected chi connectivity index (χ3v) is 2.82. The minimum absolute atomic E-state index is 0.0532. The molecule has 0 spiro atoms. The second-order valence-electron chi connectivity index (χ2n) is 4.15. The summed E-state index contributed by atoms with van der Waals surface area (Å²) in [6, 6.07) is 3.07. The molecular weight excluding hydrogens is 256 g/mol. The van der Waals surface area contributed by atoms with E-state index in [1.807, 2.05) is 0 Å². The van der Waals surface area contributed by atoms with Gasteiger partial charge in [0.05, 0.1) is 12.2 Å². The first-order chi connectivity index (χ1) is 9.24. The molecule has 1 saturated heterocycles. The molecule has 5 nitrogen and oxygen atoms in total. The van der Waals surface area contributed by atoms with Gasteiger partial charge in [0.15, 0.2) is 0 Å². The number of halogens is 2. The lowest BCUT2D eigenvalue weighted by Crippen LogP contribution is -2.33. The Kier molecular flexibility index (Phi) is 3.22. The van der Waals surface area contributed by atoms with Crippen LogP contribution in [0.25, 0.3) is 11.5 Å². The van der Waals surface area contributed by atoms with Gasteiger partial charge < -0.3 is 14.6 Å². The second-order valence-corrected chi connectivity index (χ2v) is 4.15. The van der Waals surface area contributed by atoms with E-state index in [1.165, 1.54) is 0 Å². The Balaban J connectivity index is 1.89. The minimum Gasteiger partial charge on any atom is -0.367 e. The molecule has 19 heavy (non-hydrogen) atoms. The lowest BCUT2D eigenvalue weighted by Gasteiger charge is -2.20. The first kappa shape index (κ1) is 12.2. The SMILES string of the molecule is Fc1ccc(F)c(-c2nc(C3CNCCO3)no2)c1. The molecule has 1 aliphatic heterocycles. The minimum atomic E-state index is -0.612. The smallest absolute Gasteiger partial charge is 0.261 e. The normalized spacial score (nSPS) is 19.6. The second kappa shape index (κ2) is 5.02. The number of hydrogen-bond donors (Lipinski definition) is 1. The first-order valence-corrected chi connectivity index (χ1v) is 5.85. The van der Waals surface area contributed by atoms with Gasteiger partial charge in [0.1, 0.15) is 17.7 Å². The molecule has 1 N–H and O–H groups in total. The highest BCUT2D eigenvalue weighted by molar-refractivity contribution is 5.53. The Morgan fingerprint density at radius 2 is 2.21 bits per heavy atom. The Labute approximate surface area is 107 Å². The van der Waals surface area contributed by atoms with Crippen molar-refractivity contribution in [2.45, 2.75) is 6.10 Å². The van der Waals surface area contributed by atoms with Crippen LogP contribution < -0.4 is 5.32 Å². The van der Waals surface area contributed by atoms with Gasteiger partial charge in [0.25, 0.3) is 5.89 Å². The summed E-state index contributed by atoms with van der Waals surface area (Å²) in [6.45, 7) is 1.87. The van der Waals surface area contributed by atoms with Crippen LogP contribution in [0.15, 0.2) is 22.7 Å². The standard InChI is InChI=1S/C12H11F2N3O2/c13-7-1-2-9(14)8(5-7)12-16-11(17-19-12)10-6-15-3-4-18-10/h1-2,5,10,15H,3-4,6H2. The summed E-state index contributed by atoms with van der Waals surface area (Å²) in [5.41, 5.74) is -0.0532. The molecule has 1 unspecified atom stereocenters. The first-order valence-electron chi connectivity index (χ1n) is 5.85. The molecule has 3 rings (SSSR count). The molecule has 100 valence electrons. The average Bonchev–Trinajstić information content (AvgIpc) is 2.92. The molecule has 0 amide bonds. The van der Waals surface area contributed by atoms with E-state index in [9.17, 15) is 8.78 Å². The molecule has 0 bridgehead atoms. The van der Waals surface area contributed by atoms with Crippen LogP contribution in [0.2, 0.25) is 0 Å². The summed E-state index contributed by atoms with van der Waals surface area (Å²) >= 11 is 0. The number of aromatic nitrogens is 2. The fourth-order valence-corrected chi connectivity index (χ4v) is 1.87. The van der Waals surface area contributed by atoms with Gasteiger partial charge in [-0.3, -0.25) is 0 Å². The van der Waals surface area contributed by atoms with Crippen LogP contribution in [0.3, 0.4) is 0 Å². The van der Waals surface area contributed by atoms with Crippen LogP contribution in [-0.2, 0) is 4.74 Å². The number of rotatable bonds is 2. The van der Waals surface area contributed by atoms with Crippen LogP contribution in [0.5, 0.6) is 0 Å². The maximum atomic E-state index is 13.6. The zero-order chi connectivity index (χ0) is 13.2. The summed E-state index contributed by atoms with van der Waals surface area (Å²) < 4.78 is 37.1. The highest BCUT2D eigenvalue weighted by Crippen LogP contribution is 2.24. The van der Waals surface area contributed by atoms with Crippen LogP contribution in [0, 0.1) is 11.6 Å². The van der Waals surface area contributed by atoms with Crippen LogP contribution in [0.4, 0.5) is 8.78 Å². The number of ether oxygens (including phenoxy) is 1. The Morgan fingerprint density at radius 3 is 3.00 bits per heavy atom. The third kappa shape index (κ3) is 2.47. The van der Waals surface area contributed by atoms with Crippen molar-refractivity contribution < 1.29 is 18.0 Å². The predicted octanol–water partition coefficient (Wildman–Crippen LogP) is 1.68. The zero-order valence-electron chi connectivity index (χ0n) is 9.90. The van der Waals surface area contributed by atoms with E-state index in [1.54, 1.807) is 0 Å². The number of nitrogens with one attached hydrogen (secondary N) is 1. The van der Waals surface area contributed by atoms with Gasteiger partial charge in [-0.05, 0) is 18.2 Å². The van der Waals surface area contributed by atoms with Gasteiger partial charge in [-0.15, -0.1) is 0 Å². The van der Waals surface area contributed by atoms with E-state index < -0.39 is 11.6 Å². The van der Waals surface area contributed by atoms with Crippen molar-refractivity contribution in [3.05, 3.63) is 35.7 Å². The van der Waals surface area contributed by atoms with Gasteiger partial charge in [0.2, 0.25) is 5.82 Å². The molecule has 1 aromatic carbocycles. The van der Waals surface area contributed by atoms with Gasteiger partial charge >= 0.3 is 0 Å². The molecule has 0 saturated carbocycles. The summed E-state index contributed by atoms with van der Waals surface area (Å²) in [5, 5.41) is 6.87. The van der Waals surface area contributed by atoms with Crippen molar-refractivity contribution in [2.24, 2.45) is 0 Å². The topological polar surface area (TPSA) is 60.2 Å². The number of nitrogens with zero attached hydrogens (tertiary/aromatic N) is 2. The van der Waals surface area contributed by atoms with Crippen molar-refractivity contribution in [2.75, 3.05) is 19.7 Å². The maximum Gasteiger partial charge on any atom is 0.261 e. The Hall–Kier alpha value is -1.86. The fourth-order valence-electron chi connectivity index (χ4n) is 1.87. The van der Waals surface area contributed by atoms with Crippen LogP contribution in [0.1, 0.15) is 11.9 Å². The molecule has 2 aromatic rings. The largest absolute Gasteiger partial charge is 0.367 e. The summed E-state index contributed by atoms with van der Waals surface area (Å²) in [5.74, 6) is -0.905. The molecule has 0 radical (unpaired) electrons. The van der Waals surface area contributed by atoms with Crippen molar-refractivity contribution in [3.8, 4) is 11.5 Å². The van der Waals surface area contributed by atoms with Crippen LogP contribution >= 0.6 is 0 Å². The molecule has 7 heteroatoms. The molecular formula is C12H11F2N3O2. The number of benzene rings is 1. The summed E-state index contributed by atoms with van der Waals surface area (Å²) in [6.07, 6.45) is -0.331. The lowest BCUT2D eigenvalue weighted by atomic mass is 10.2. The highest BCUT2D eigenvalue weighted by atomic mass is 19.1. The monoisotopic (exact) mass is 267 g/mol. The van der Waals surface area contributed by atoms with E-state index in [0.29, 0.717) is 19.0 Å². The lowest BCUT2D eigenvalue weighted by molar-refractivity contribution is 0.0208. The molecule has 1 aromatic heterocycles. The van der Waals surface area contributed by atoms with E-state index in [-0.39, 0.29) is 17.6 Å².